The molecule has 0 aromatic carbocycles. The van der Waals surface area contributed by atoms with Crippen molar-refractivity contribution in [3.05, 3.63) is 27.9 Å². The highest BCUT2D eigenvalue weighted by Gasteiger charge is 2.19. The second-order valence-electron chi connectivity index (χ2n) is 3.67. The third-order valence-electron chi connectivity index (χ3n) is 2.53. The lowest BCUT2D eigenvalue weighted by Gasteiger charge is -2.19. The van der Waals surface area contributed by atoms with Crippen LogP contribution in [0.2, 0.25) is 0 Å². The number of carboxylic acids is 1. The van der Waals surface area contributed by atoms with Crippen molar-refractivity contribution in [3.8, 4) is 0 Å². The molecule has 1 unspecified atom stereocenters. The monoisotopic (exact) mass is 240 g/mol. The topological polar surface area (TPSA) is 83.0 Å². The van der Waals surface area contributed by atoms with Gasteiger partial charge in [-0.15, -0.1) is 0 Å². The van der Waals surface area contributed by atoms with Crippen LogP contribution < -0.4 is 5.56 Å². The summed E-state index contributed by atoms with van der Waals surface area (Å²) < 4.78 is 0. The number of nitrogens with one attached hydrogen (secondary N) is 1. The Morgan fingerprint density at radius 1 is 1.56 bits per heavy atom. The molecule has 0 spiro atoms. The van der Waals surface area contributed by atoms with Crippen LogP contribution in [0.5, 0.6) is 0 Å². The summed E-state index contributed by atoms with van der Waals surface area (Å²) in [5.41, 5.74) is -0.867. The number of aromatic nitrogens is 2. The first-order valence-electron chi connectivity index (χ1n) is 5.12. The molecule has 2 heterocycles. The number of nitrogens with zero attached hydrogens (tertiary/aromatic N) is 1. The van der Waals surface area contributed by atoms with Gasteiger partial charge in [-0.2, -0.15) is 11.8 Å². The van der Waals surface area contributed by atoms with E-state index in [9.17, 15) is 9.59 Å². The van der Waals surface area contributed by atoms with Crippen molar-refractivity contribution in [2.75, 3.05) is 5.75 Å². The Hall–Kier alpha value is -1.30. The molecule has 1 aliphatic rings. The lowest BCUT2D eigenvalue weighted by atomic mass is 10.2. The first kappa shape index (κ1) is 11.2. The molecule has 1 atom stereocenters. The van der Waals surface area contributed by atoms with Crippen LogP contribution in [0.15, 0.2) is 11.0 Å². The molecule has 0 radical (unpaired) electrons. The van der Waals surface area contributed by atoms with Gasteiger partial charge in [0.2, 0.25) is 0 Å². The second kappa shape index (κ2) is 4.69. The van der Waals surface area contributed by atoms with E-state index in [2.05, 4.69) is 9.97 Å². The van der Waals surface area contributed by atoms with E-state index in [1.807, 2.05) is 0 Å². The Morgan fingerprint density at radius 3 is 2.94 bits per heavy atom. The normalized spacial score (nSPS) is 20.6. The Kier molecular flexibility index (Phi) is 3.28. The van der Waals surface area contributed by atoms with E-state index in [1.165, 1.54) is 6.42 Å². The van der Waals surface area contributed by atoms with Crippen molar-refractivity contribution < 1.29 is 9.90 Å². The van der Waals surface area contributed by atoms with E-state index >= 15 is 0 Å². The number of aromatic amines is 1. The van der Waals surface area contributed by atoms with Crippen molar-refractivity contribution in [1.29, 1.82) is 0 Å². The maximum atomic E-state index is 11.4. The quantitative estimate of drug-likeness (QED) is 0.817. The van der Waals surface area contributed by atoms with Crippen molar-refractivity contribution >= 4 is 17.7 Å². The van der Waals surface area contributed by atoms with E-state index in [-0.39, 0.29) is 10.8 Å². The molecule has 0 bridgehead atoms. The minimum Gasteiger partial charge on any atom is -0.477 e. The van der Waals surface area contributed by atoms with Gasteiger partial charge in [0.05, 0.1) is 5.25 Å². The summed E-state index contributed by atoms with van der Waals surface area (Å²) in [5, 5.41) is 8.90. The predicted molar refractivity (Wildman–Crippen MR) is 60.9 cm³/mol. The fourth-order valence-electron chi connectivity index (χ4n) is 1.68. The van der Waals surface area contributed by atoms with Gasteiger partial charge in [-0.3, -0.25) is 4.79 Å². The fourth-order valence-corrected chi connectivity index (χ4v) is 2.95. The van der Waals surface area contributed by atoms with Crippen LogP contribution in [0.1, 0.15) is 40.7 Å². The lowest BCUT2D eigenvalue weighted by Crippen LogP contribution is -2.21. The minimum absolute atomic E-state index is 0.198. The van der Waals surface area contributed by atoms with E-state index in [1.54, 1.807) is 11.8 Å². The third kappa shape index (κ3) is 2.27. The molecule has 1 aromatic rings. The number of rotatable bonds is 2. The zero-order valence-electron chi connectivity index (χ0n) is 8.60. The largest absolute Gasteiger partial charge is 0.477 e. The zero-order chi connectivity index (χ0) is 11.5. The fraction of sp³-hybridized carbons (Fsp3) is 0.500. The van der Waals surface area contributed by atoms with Crippen molar-refractivity contribution in [3.63, 3.8) is 0 Å². The van der Waals surface area contributed by atoms with E-state index in [0.717, 1.165) is 24.8 Å². The maximum Gasteiger partial charge on any atom is 0.342 e. The van der Waals surface area contributed by atoms with Crippen LogP contribution in [0.4, 0.5) is 0 Å². The van der Waals surface area contributed by atoms with Crippen molar-refractivity contribution in [2.24, 2.45) is 0 Å². The molecule has 2 rings (SSSR count). The van der Waals surface area contributed by atoms with Crippen LogP contribution in [-0.4, -0.2) is 26.8 Å². The van der Waals surface area contributed by atoms with Gasteiger partial charge in [0.25, 0.3) is 5.56 Å². The summed E-state index contributed by atoms with van der Waals surface area (Å²) in [5.74, 6) is 0.422. The number of carboxylic acid groups (broad SMARTS) is 1. The van der Waals surface area contributed by atoms with Gasteiger partial charge < -0.3 is 10.1 Å². The Bertz CT molecular complexity index is 452. The van der Waals surface area contributed by atoms with Gasteiger partial charge >= 0.3 is 5.97 Å². The predicted octanol–water partition coefficient (Wildman–Crippen LogP) is 1.43. The van der Waals surface area contributed by atoms with Gasteiger partial charge in [-0.1, -0.05) is 6.42 Å². The molecule has 0 amide bonds. The Labute approximate surface area is 96.3 Å². The molecular formula is C10H12N2O3S. The molecule has 1 saturated heterocycles. The summed E-state index contributed by atoms with van der Waals surface area (Å²) in [4.78, 5) is 28.7. The van der Waals surface area contributed by atoms with Gasteiger partial charge in [0, 0.05) is 6.20 Å². The minimum atomic E-state index is -1.24. The highest BCUT2D eigenvalue weighted by molar-refractivity contribution is 7.99. The Balaban J connectivity index is 2.26. The highest BCUT2D eigenvalue weighted by Crippen LogP contribution is 2.35. The summed E-state index contributed by atoms with van der Waals surface area (Å²) >= 11 is 1.76. The van der Waals surface area contributed by atoms with Crippen LogP contribution in [0.3, 0.4) is 0 Å². The molecule has 6 heteroatoms. The first-order chi connectivity index (χ1) is 7.68. The van der Waals surface area contributed by atoms with Crippen molar-refractivity contribution in [2.45, 2.75) is 24.5 Å². The van der Waals surface area contributed by atoms with E-state index in [0.29, 0.717) is 5.82 Å². The number of thioether (sulfide) groups is 1. The molecule has 5 nitrogen and oxygen atoms in total. The highest BCUT2D eigenvalue weighted by atomic mass is 32.2. The molecule has 86 valence electrons. The van der Waals surface area contributed by atoms with Gasteiger partial charge in [-0.05, 0) is 18.6 Å². The standard InChI is InChI=1S/C10H12N2O3S/c13-9-6(10(14)15)5-11-8(12-9)7-3-1-2-4-16-7/h5,7H,1-4H2,(H,14,15)(H,11,12,13). The van der Waals surface area contributed by atoms with E-state index in [4.69, 9.17) is 5.11 Å². The Morgan fingerprint density at radius 2 is 2.38 bits per heavy atom. The summed E-state index contributed by atoms with van der Waals surface area (Å²) in [7, 11) is 0. The molecule has 0 saturated carbocycles. The third-order valence-corrected chi connectivity index (χ3v) is 3.92. The number of hydrogen-bond acceptors (Lipinski definition) is 4. The molecule has 0 aliphatic carbocycles. The summed E-state index contributed by atoms with van der Waals surface area (Å²) in [6, 6.07) is 0. The van der Waals surface area contributed by atoms with Crippen LogP contribution in [-0.2, 0) is 0 Å². The maximum absolute atomic E-state index is 11.4. The number of carbonyl (C=O) groups is 1. The summed E-state index contributed by atoms with van der Waals surface area (Å²) in [6.07, 6.45) is 4.45. The molecule has 2 N–H and O–H groups in total. The second-order valence-corrected chi connectivity index (χ2v) is 4.98. The van der Waals surface area contributed by atoms with Gasteiger partial charge in [0.15, 0.2) is 0 Å². The first-order valence-corrected chi connectivity index (χ1v) is 6.17. The molecule has 16 heavy (non-hydrogen) atoms. The molecule has 1 aromatic heterocycles. The number of hydrogen-bond donors (Lipinski definition) is 2. The van der Waals surface area contributed by atoms with Gasteiger partial charge in [-0.25, -0.2) is 9.78 Å². The van der Waals surface area contributed by atoms with Gasteiger partial charge in [0.1, 0.15) is 11.4 Å². The van der Waals surface area contributed by atoms with E-state index < -0.39 is 11.5 Å². The molecular weight excluding hydrogens is 228 g/mol. The smallest absolute Gasteiger partial charge is 0.342 e. The van der Waals surface area contributed by atoms with Crippen LogP contribution >= 0.6 is 11.8 Å². The number of H-pyrrole nitrogens is 1. The van der Waals surface area contributed by atoms with Crippen molar-refractivity contribution in [1.82, 2.24) is 9.97 Å². The number of aromatic carboxylic acids is 1. The SMILES string of the molecule is O=C(O)c1cnc(C2CCCCS2)[nH]c1=O. The summed E-state index contributed by atoms with van der Waals surface area (Å²) in [6.45, 7) is 0. The van der Waals surface area contributed by atoms with Crippen LogP contribution in [0, 0.1) is 0 Å². The molecule has 1 fully saturated rings. The zero-order valence-corrected chi connectivity index (χ0v) is 9.42. The van der Waals surface area contributed by atoms with Crippen LogP contribution in [0.25, 0.3) is 0 Å². The average Bonchev–Trinajstić information content (AvgIpc) is 2.29. The average molecular weight is 240 g/mol. The molecule has 1 aliphatic heterocycles. The lowest BCUT2D eigenvalue weighted by molar-refractivity contribution is 0.0694.